The lowest BCUT2D eigenvalue weighted by molar-refractivity contribution is -0.132. The van der Waals surface area contributed by atoms with Crippen LogP contribution in [0.25, 0.3) is 0 Å². The lowest BCUT2D eigenvalue weighted by atomic mass is 10.0. The van der Waals surface area contributed by atoms with E-state index in [1.807, 2.05) is 19.2 Å². The van der Waals surface area contributed by atoms with Crippen molar-refractivity contribution in [3.8, 4) is 5.75 Å². The molecule has 114 valence electrons. The monoisotopic (exact) mass is 289 g/mol. The van der Waals surface area contributed by atoms with E-state index in [4.69, 9.17) is 4.74 Å². The van der Waals surface area contributed by atoms with E-state index in [9.17, 15) is 9.90 Å². The molecular formula is C17H23NO3. The smallest absolute Gasteiger partial charge is 0.227 e. The van der Waals surface area contributed by atoms with Crippen LogP contribution in [0.1, 0.15) is 36.8 Å². The summed E-state index contributed by atoms with van der Waals surface area (Å²) < 4.78 is 5.60. The predicted molar refractivity (Wildman–Crippen MR) is 80.4 cm³/mol. The molecule has 1 aliphatic carbocycles. The Morgan fingerprint density at radius 1 is 1.38 bits per heavy atom. The molecule has 1 aromatic rings. The molecule has 1 fully saturated rings. The highest BCUT2D eigenvalue weighted by atomic mass is 16.5. The lowest BCUT2D eigenvalue weighted by Gasteiger charge is -2.27. The van der Waals surface area contributed by atoms with E-state index in [1.165, 1.54) is 5.56 Å². The fraction of sp³-hybridized carbons (Fsp3) is 0.588. The van der Waals surface area contributed by atoms with Crippen molar-refractivity contribution in [2.45, 2.75) is 50.7 Å². The Labute approximate surface area is 125 Å². The second kappa shape index (κ2) is 6.06. The van der Waals surface area contributed by atoms with Gasteiger partial charge in [-0.3, -0.25) is 4.79 Å². The van der Waals surface area contributed by atoms with Crippen molar-refractivity contribution >= 4 is 5.91 Å². The molecule has 0 saturated heterocycles. The molecule has 4 heteroatoms. The molecule has 21 heavy (non-hydrogen) atoms. The Morgan fingerprint density at radius 3 is 3.00 bits per heavy atom. The fourth-order valence-electron chi connectivity index (χ4n) is 3.38. The van der Waals surface area contributed by atoms with E-state index in [0.717, 1.165) is 50.0 Å². The summed E-state index contributed by atoms with van der Waals surface area (Å²) >= 11 is 0. The minimum absolute atomic E-state index is 0.0153. The first-order chi connectivity index (χ1) is 10.1. The van der Waals surface area contributed by atoms with Crippen LogP contribution in [-0.2, 0) is 17.6 Å². The van der Waals surface area contributed by atoms with E-state index in [-0.39, 0.29) is 18.1 Å². The lowest BCUT2D eigenvalue weighted by Crippen LogP contribution is -2.42. The number of amides is 1. The number of carbonyl (C=O) groups excluding carboxylic acids is 1. The molecule has 2 aliphatic rings. The maximum absolute atomic E-state index is 12.4. The van der Waals surface area contributed by atoms with Gasteiger partial charge in [-0.15, -0.1) is 0 Å². The van der Waals surface area contributed by atoms with Gasteiger partial charge in [-0.25, -0.2) is 0 Å². The van der Waals surface area contributed by atoms with Crippen molar-refractivity contribution in [3.05, 3.63) is 29.3 Å². The maximum Gasteiger partial charge on any atom is 0.227 e. The van der Waals surface area contributed by atoms with E-state index in [0.29, 0.717) is 6.42 Å². The number of hydrogen-bond donors (Lipinski definition) is 1. The molecule has 1 heterocycles. The highest BCUT2D eigenvalue weighted by Crippen LogP contribution is 2.27. The summed E-state index contributed by atoms with van der Waals surface area (Å²) in [6.45, 7) is 0.785. The largest absolute Gasteiger partial charge is 0.493 e. The molecule has 1 aromatic carbocycles. The van der Waals surface area contributed by atoms with Crippen LogP contribution in [0.3, 0.4) is 0 Å². The number of rotatable bonds is 3. The van der Waals surface area contributed by atoms with Gasteiger partial charge < -0.3 is 14.7 Å². The van der Waals surface area contributed by atoms with Gasteiger partial charge in [-0.1, -0.05) is 12.1 Å². The number of benzene rings is 1. The van der Waals surface area contributed by atoms with Gasteiger partial charge in [-0.2, -0.15) is 0 Å². The zero-order valence-electron chi connectivity index (χ0n) is 12.5. The van der Waals surface area contributed by atoms with Gasteiger partial charge in [0, 0.05) is 7.05 Å². The van der Waals surface area contributed by atoms with Crippen molar-refractivity contribution in [1.82, 2.24) is 4.90 Å². The van der Waals surface area contributed by atoms with Crippen molar-refractivity contribution in [2.24, 2.45) is 0 Å². The number of carbonyl (C=O) groups is 1. The Balaban J connectivity index is 1.67. The van der Waals surface area contributed by atoms with Crippen LogP contribution in [0.2, 0.25) is 0 Å². The van der Waals surface area contributed by atoms with Crippen molar-refractivity contribution in [2.75, 3.05) is 13.7 Å². The Kier molecular flexibility index (Phi) is 4.15. The molecule has 2 atom stereocenters. The third-order valence-electron chi connectivity index (χ3n) is 4.66. The van der Waals surface area contributed by atoms with Crippen LogP contribution in [0.5, 0.6) is 5.75 Å². The first-order valence-corrected chi connectivity index (χ1v) is 7.83. The maximum atomic E-state index is 12.4. The van der Waals surface area contributed by atoms with Gasteiger partial charge in [0.25, 0.3) is 0 Å². The average molecular weight is 289 g/mol. The van der Waals surface area contributed by atoms with Gasteiger partial charge in [0.1, 0.15) is 5.75 Å². The number of hydrogen-bond acceptors (Lipinski definition) is 3. The summed E-state index contributed by atoms with van der Waals surface area (Å²) in [5.41, 5.74) is 2.23. The SMILES string of the molecule is CN(C(=O)Cc1ccc2c(c1)CCCO2)[C@@H]1CCC[C@H]1O. The van der Waals surface area contributed by atoms with Crippen LogP contribution in [0.4, 0.5) is 0 Å². The van der Waals surface area contributed by atoms with Crippen LogP contribution >= 0.6 is 0 Å². The molecule has 3 rings (SSSR count). The average Bonchev–Trinajstić information content (AvgIpc) is 2.92. The third kappa shape index (κ3) is 3.05. The molecule has 1 N–H and O–H groups in total. The second-order valence-electron chi connectivity index (χ2n) is 6.14. The first-order valence-electron chi connectivity index (χ1n) is 7.83. The standard InChI is InChI=1S/C17H23NO3/c1-18(14-5-2-6-15(14)19)17(20)11-12-7-8-16-13(10-12)4-3-9-21-16/h7-8,10,14-15,19H,2-6,9,11H2,1H3/t14-,15-/m1/s1. The van der Waals surface area contributed by atoms with Crippen LogP contribution in [0.15, 0.2) is 18.2 Å². The van der Waals surface area contributed by atoms with Crippen molar-refractivity contribution in [3.63, 3.8) is 0 Å². The number of aryl methyl sites for hydroxylation is 1. The summed E-state index contributed by atoms with van der Waals surface area (Å²) in [4.78, 5) is 14.1. The number of nitrogens with zero attached hydrogens (tertiary/aromatic N) is 1. The van der Waals surface area contributed by atoms with E-state index >= 15 is 0 Å². The molecule has 1 aliphatic heterocycles. The van der Waals surface area contributed by atoms with Gasteiger partial charge in [0.05, 0.1) is 25.2 Å². The number of aliphatic hydroxyl groups is 1. The molecule has 1 amide bonds. The molecular weight excluding hydrogens is 266 g/mol. The molecule has 4 nitrogen and oxygen atoms in total. The summed E-state index contributed by atoms with van der Waals surface area (Å²) in [5.74, 6) is 1.04. The summed E-state index contributed by atoms with van der Waals surface area (Å²) in [6, 6.07) is 6.02. The zero-order chi connectivity index (χ0) is 14.8. The Hall–Kier alpha value is -1.55. The topological polar surface area (TPSA) is 49.8 Å². The van der Waals surface area contributed by atoms with Crippen molar-refractivity contribution < 1.29 is 14.6 Å². The molecule has 0 bridgehead atoms. The highest BCUT2D eigenvalue weighted by Gasteiger charge is 2.31. The Morgan fingerprint density at radius 2 is 2.24 bits per heavy atom. The fourth-order valence-corrected chi connectivity index (χ4v) is 3.38. The molecule has 1 saturated carbocycles. The second-order valence-corrected chi connectivity index (χ2v) is 6.14. The summed E-state index contributed by atoms with van der Waals surface area (Å²) in [6.07, 6.45) is 4.80. The van der Waals surface area contributed by atoms with Crippen LogP contribution in [0, 0.1) is 0 Å². The van der Waals surface area contributed by atoms with Crippen LogP contribution < -0.4 is 4.74 Å². The number of fused-ring (bicyclic) bond motifs is 1. The normalized spacial score (nSPS) is 24.3. The minimum atomic E-state index is -0.365. The number of aliphatic hydroxyl groups excluding tert-OH is 1. The Bertz CT molecular complexity index is 529. The molecule has 0 radical (unpaired) electrons. The third-order valence-corrected chi connectivity index (χ3v) is 4.66. The minimum Gasteiger partial charge on any atom is -0.493 e. The molecule has 0 spiro atoms. The van der Waals surface area contributed by atoms with Gasteiger partial charge in [0.15, 0.2) is 0 Å². The zero-order valence-corrected chi connectivity index (χ0v) is 12.5. The van der Waals surface area contributed by atoms with Crippen molar-refractivity contribution in [1.29, 1.82) is 0 Å². The number of ether oxygens (including phenoxy) is 1. The van der Waals surface area contributed by atoms with Gasteiger partial charge in [-0.05, 0) is 49.3 Å². The highest BCUT2D eigenvalue weighted by molar-refractivity contribution is 5.79. The number of likely N-dealkylation sites (N-methyl/N-ethyl adjacent to an activating group) is 1. The van der Waals surface area contributed by atoms with Gasteiger partial charge in [0.2, 0.25) is 5.91 Å². The molecule has 0 unspecified atom stereocenters. The van der Waals surface area contributed by atoms with Gasteiger partial charge >= 0.3 is 0 Å². The van der Waals surface area contributed by atoms with E-state index < -0.39 is 0 Å². The predicted octanol–water partition coefficient (Wildman–Crippen LogP) is 1.93. The van der Waals surface area contributed by atoms with E-state index in [1.54, 1.807) is 4.90 Å². The van der Waals surface area contributed by atoms with Crippen LogP contribution in [-0.4, -0.2) is 41.7 Å². The first kappa shape index (κ1) is 14.4. The van der Waals surface area contributed by atoms with E-state index in [2.05, 4.69) is 6.07 Å². The molecule has 0 aromatic heterocycles. The quantitative estimate of drug-likeness (QED) is 0.925. The summed E-state index contributed by atoms with van der Waals surface area (Å²) in [5, 5.41) is 9.92. The summed E-state index contributed by atoms with van der Waals surface area (Å²) in [7, 11) is 1.81.